The average Bonchev–Trinajstić information content (AvgIpc) is 3.06. The maximum absolute atomic E-state index is 12.9. The van der Waals surface area contributed by atoms with Crippen molar-refractivity contribution in [2.24, 2.45) is 7.05 Å². The van der Waals surface area contributed by atoms with E-state index in [1.807, 2.05) is 53.4 Å². The first kappa shape index (κ1) is 14.5. The van der Waals surface area contributed by atoms with Gasteiger partial charge in [0.25, 0.3) is 0 Å². The summed E-state index contributed by atoms with van der Waals surface area (Å²) in [5, 5.41) is 5.46. The quantitative estimate of drug-likeness (QED) is 0.803. The Bertz CT molecular complexity index is 895. The summed E-state index contributed by atoms with van der Waals surface area (Å²) in [6, 6.07) is 11.2. The van der Waals surface area contributed by atoms with Crippen molar-refractivity contribution in [3.63, 3.8) is 0 Å². The molecule has 0 spiro atoms. The highest BCUT2D eigenvalue weighted by molar-refractivity contribution is 7.13. The van der Waals surface area contributed by atoms with Crippen LogP contribution in [0.1, 0.15) is 13.3 Å². The van der Waals surface area contributed by atoms with E-state index in [4.69, 9.17) is 0 Å². The number of thiophene rings is 1. The first-order valence-corrected chi connectivity index (χ1v) is 7.97. The van der Waals surface area contributed by atoms with Crippen LogP contribution in [-0.4, -0.2) is 10.5 Å². The number of nitrogens with one attached hydrogen (secondary N) is 1. The number of carbonyl (C=O) groups excluding carboxylic acids is 1. The molecular weight excluding hydrogens is 296 g/mol. The summed E-state index contributed by atoms with van der Waals surface area (Å²) >= 11 is 1.49. The number of benzene rings is 1. The summed E-state index contributed by atoms with van der Waals surface area (Å²) in [7, 11) is 1.87. The maximum atomic E-state index is 12.9. The molecule has 112 valence electrons. The van der Waals surface area contributed by atoms with Crippen LogP contribution in [0.3, 0.4) is 0 Å². The Kier molecular flexibility index (Phi) is 3.81. The molecule has 0 aliphatic heterocycles. The highest BCUT2D eigenvalue weighted by Gasteiger charge is 2.18. The monoisotopic (exact) mass is 312 g/mol. The normalized spacial score (nSPS) is 10.8. The van der Waals surface area contributed by atoms with Gasteiger partial charge in [0.2, 0.25) is 5.91 Å². The van der Waals surface area contributed by atoms with Crippen LogP contribution in [0.5, 0.6) is 0 Å². The molecule has 1 N–H and O–H groups in total. The Balaban J connectivity index is 2.39. The fraction of sp³-hybridized carbons (Fsp3) is 0.176. The van der Waals surface area contributed by atoms with Crippen LogP contribution in [0.2, 0.25) is 0 Å². The third-order valence-corrected chi connectivity index (χ3v) is 4.54. The number of hydrogen-bond donors (Lipinski definition) is 1. The number of anilines is 1. The molecule has 5 heteroatoms. The minimum absolute atomic E-state index is 0.0532. The third-order valence-electron chi connectivity index (χ3n) is 3.66. The minimum Gasteiger partial charge on any atom is -0.330 e. The summed E-state index contributed by atoms with van der Waals surface area (Å²) in [5.74, 6) is 0.445. The van der Waals surface area contributed by atoms with E-state index in [0.717, 1.165) is 10.4 Å². The number of nitrogens with zero attached hydrogens (tertiary/aromatic N) is 1. The number of amides is 1. The van der Waals surface area contributed by atoms with Gasteiger partial charge in [-0.1, -0.05) is 25.1 Å². The summed E-state index contributed by atoms with van der Waals surface area (Å²) in [4.78, 5) is 25.7. The second kappa shape index (κ2) is 5.77. The number of aryl methyl sites for hydroxylation is 1. The zero-order valence-corrected chi connectivity index (χ0v) is 13.2. The van der Waals surface area contributed by atoms with E-state index in [1.165, 1.54) is 11.3 Å². The van der Waals surface area contributed by atoms with E-state index in [-0.39, 0.29) is 11.3 Å². The molecule has 0 unspecified atom stereocenters. The largest absolute Gasteiger partial charge is 0.330 e. The lowest BCUT2D eigenvalue weighted by Crippen LogP contribution is -2.20. The van der Waals surface area contributed by atoms with E-state index in [2.05, 4.69) is 5.32 Å². The van der Waals surface area contributed by atoms with Crippen LogP contribution in [0.4, 0.5) is 5.82 Å². The van der Waals surface area contributed by atoms with E-state index < -0.39 is 0 Å². The van der Waals surface area contributed by atoms with Gasteiger partial charge in [0, 0.05) is 23.7 Å². The highest BCUT2D eigenvalue weighted by Crippen LogP contribution is 2.31. The summed E-state index contributed by atoms with van der Waals surface area (Å²) in [6.45, 7) is 1.79. The molecule has 1 aromatic carbocycles. The highest BCUT2D eigenvalue weighted by atomic mass is 32.1. The Morgan fingerprint density at radius 3 is 2.68 bits per heavy atom. The van der Waals surface area contributed by atoms with Crippen molar-refractivity contribution >= 4 is 34.0 Å². The van der Waals surface area contributed by atoms with E-state index in [1.54, 1.807) is 6.92 Å². The van der Waals surface area contributed by atoms with Crippen molar-refractivity contribution < 1.29 is 4.79 Å². The predicted molar refractivity (Wildman–Crippen MR) is 91.4 cm³/mol. The van der Waals surface area contributed by atoms with Crippen molar-refractivity contribution in [2.75, 3.05) is 5.32 Å². The summed E-state index contributed by atoms with van der Waals surface area (Å²) < 4.78 is 1.87. The minimum atomic E-state index is -0.108. The fourth-order valence-corrected chi connectivity index (χ4v) is 3.27. The molecule has 0 bridgehead atoms. The molecule has 0 saturated carbocycles. The van der Waals surface area contributed by atoms with Crippen LogP contribution in [-0.2, 0) is 11.8 Å². The molecule has 2 aromatic heterocycles. The van der Waals surface area contributed by atoms with Gasteiger partial charge >= 0.3 is 0 Å². The van der Waals surface area contributed by atoms with Gasteiger partial charge in [-0.2, -0.15) is 0 Å². The van der Waals surface area contributed by atoms with Gasteiger partial charge in [0.15, 0.2) is 5.43 Å². The summed E-state index contributed by atoms with van der Waals surface area (Å²) in [5.41, 5.74) is 1.31. The zero-order chi connectivity index (χ0) is 15.7. The molecule has 3 aromatic rings. The lowest BCUT2D eigenvalue weighted by Gasteiger charge is -2.17. The molecule has 0 atom stereocenters. The van der Waals surface area contributed by atoms with Gasteiger partial charge < -0.3 is 9.88 Å². The molecule has 0 saturated heterocycles. The van der Waals surface area contributed by atoms with Crippen molar-refractivity contribution in [2.45, 2.75) is 13.3 Å². The number of para-hydroxylation sites is 1. The number of fused-ring (bicyclic) bond motifs is 1. The number of carbonyl (C=O) groups is 1. The van der Waals surface area contributed by atoms with Gasteiger partial charge in [-0.25, -0.2) is 0 Å². The Morgan fingerprint density at radius 2 is 2.00 bits per heavy atom. The van der Waals surface area contributed by atoms with Crippen LogP contribution in [0, 0.1) is 0 Å². The van der Waals surface area contributed by atoms with Gasteiger partial charge in [-0.3, -0.25) is 9.59 Å². The van der Waals surface area contributed by atoms with Crippen molar-refractivity contribution in [1.82, 2.24) is 4.57 Å². The van der Waals surface area contributed by atoms with Crippen LogP contribution < -0.4 is 10.7 Å². The van der Waals surface area contributed by atoms with Crippen molar-refractivity contribution in [3.05, 3.63) is 52.0 Å². The third kappa shape index (κ3) is 2.33. The molecular formula is C17H16N2O2S. The molecule has 0 aliphatic carbocycles. The molecule has 3 rings (SSSR count). The number of pyridine rings is 1. The molecule has 4 nitrogen and oxygen atoms in total. The van der Waals surface area contributed by atoms with Gasteiger partial charge in [-0.15, -0.1) is 11.3 Å². The first-order chi connectivity index (χ1) is 10.6. The second-order valence-electron chi connectivity index (χ2n) is 5.01. The van der Waals surface area contributed by atoms with Crippen LogP contribution >= 0.6 is 11.3 Å². The number of hydrogen-bond acceptors (Lipinski definition) is 3. The Morgan fingerprint density at radius 1 is 1.23 bits per heavy atom. The molecule has 0 fully saturated rings. The van der Waals surface area contributed by atoms with E-state index in [0.29, 0.717) is 23.2 Å². The van der Waals surface area contributed by atoms with Gasteiger partial charge in [0.05, 0.1) is 11.1 Å². The van der Waals surface area contributed by atoms with E-state index in [9.17, 15) is 9.59 Å². The lowest BCUT2D eigenvalue weighted by molar-refractivity contribution is -0.115. The molecule has 2 heterocycles. The smallest absolute Gasteiger partial charge is 0.225 e. The molecule has 0 radical (unpaired) electrons. The SMILES string of the molecule is CCC(=O)Nc1c(-c2cccs2)c(=O)c2ccccc2n1C. The average molecular weight is 312 g/mol. The topological polar surface area (TPSA) is 51.1 Å². The van der Waals surface area contributed by atoms with Crippen LogP contribution in [0.15, 0.2) is 46.6 Å². The second-order valence-corrected chi connectivity index (χ2v) is 5.96. The lowest BCUT2D eigenvalue weighted by atomic mass is 10.1. The molecule has 22 heavy (non-hydrogen) atoms. The van der Waals surface area contributed by atoms with Gasteiger partial charge in [0.1, 0.15) is 5.82 Å². The van der Waals surface area contributed by atoms with Crippen molar-refractivity contribution in [1.29, 1.82) is 0 Å². The van der Waals surface area contributed by atoms with Crippen LogP contribution in [0.25, 0.3) is 21.3 Å². The standard InChI is InChI=1S/C17H16N2O2S/c1-3-14(20)18-17-15(13-9-6-10-22-13)16(21)11-7-4-5-8-12(11)19(17)2/h4-10H,3H2,1-2H3,(H,18,20). The van der Waals surface area contributed by atoms with Gasteiger partial charge in [-0.05, 0) is 23.6 Å². The number of rotatable bonds is 3. The number of aromatic nitrogens is 1. The predicted octanol–water partition coefficient (Wildman–Crippen LogP) is 3.62. The fourth-order valence-electron chi connectivity index (χ4n) is 2.50. The maximum Gasteiger partial charge on any atom is 0.225 e. The molecule has 0 aliphatic rings. The van der Waals surface area contributed by atoms with E-state index >= 15 is 0 Å². The zero-order valence-electron chi connectivity index (χ0n) is 12.4. The first-order valence-electron chi connectivity index (χ1n) is 7.09. The summed E-state index contributed by atoms with van der Waals surface area (Å²) in [6.07, 6.45) is 0.366. The molecule has 1 amide bonds. The van der Waals surface area contributed by atoms with Crippen molar-refractivity contribution in [3.8, 4) is 10.4 Å². The Labute approximate surface area is 132 Å². The Hall–Kier alpha value is -2.40.